The van der Waals surface area contributed by atoms with Gasteiger partial charge >= 0.3 is 0 Å². The van der Waals surface area contributed by atoms with Crippen LogP contribution in [-0.4, -0.2) is 5.16 Å². The van der Waals surface area contributed by atoms with Crippen LogP contribution < -0.4 is 5.73 Å². The van der Waals surface area contributed by atoms with E-state index in [9.17, 15) is 0 Å². The van der Waals surface area contributed by atoms with Gasteiger partial charge in [-0.05, 0) is 30.0 Å². The number of benzene rings is 1. The fourth-order valence-electron chi connectivity index (χ4n) is 3.09. The number of nitrogen functional groups attached to an aromatic ring is 1. The van der Waals surface area contributed by atoms with Gasteiger partial charge in [-0.15, -0.1) is 0 Å². The maximum absolute atomic E-state index is 5.98. The third-order valence-electron chi connectivity index (χ3n) is 4.11. The van der Waals surface area contributed by atoms with Crippen molar-refractivity contribution in [2.45, 2.75) is 38.5 Å². The van der Waals surface area contributed by atoms with E-state index >= 15 is 0 Å². The maximum Gasteiger partial charge on any atom is 0.230 e. The Morgan fingerprint density at radius 2 is 2.05 bits per heavy atom. The molecule has 2 N–H and O–H groups in total. The molecule has 3 rings (SSSR count). The second kappa shape index (κ2) is 6.00. The van der Waals surface area contributed by atoms with E-state index < -0.39 is 0 Å². The molecule has 1 aliphatic rings. The van der Waals surface area contributed by atoms with Crippen molar-refractivity contribution in [2.75, 3.05) is 5.73 Å². The fraction of sp³-hybridized carbons (Fsp3) is 0.438. The molecule has 0 bridgehead atoms. The van der Waals surface area contributed by atoms with Gasteiger partial charge in [0, 0.05) is 4.47 Å². The second-order valence-electron chi connectivity index (χ2n) is 5.59. The molecule has 0 saturated heterocycles. The second-order valence-corrected chi connectivity index (χ2v) is 6.50. The number of nitrogens with zero attached hydrogens (tertiary/aromatic N) is 1. The van der Waals surface area contributed by atoms with Gasteiger partial charge in [0.15, 0.2) is 0 Å². The van der Waals surface area contributed by atoms with Gasteiger partial charge in [-0.25, -0.2) is 0 Å². The molecule has 0 radical (unpaired) electrons. The maximum atomic E-state index is 5.98. The van der Waals surface area contributed by atoms with E-state index in [0.717, 1.165) is 33.6 Å². The summed E-state index contributed by atoms with van der Waals surface area (Å²) in [6, 6.07) is 8.13. The highest BCUT2D eigenvalue weighted by Crippen LogP contribution is 2.35. The van der Waals surface area contributed by atoms with Crippen molar-refractivity contribution in [1.29, 1.82) is 0 Å². The number of hydrogen-bond donors (Lipinski definition) is 1. The zero-order valence-corrected chi connectivity index (χ0v) is 13.0. The highest BCUT2D eigenvalue weighted by atomic mass is 79.9. The molecule has 1 aromatic carbocycles. The first-order valence-electron chi connectivity index (χ1n) is 7.24. The summed E-state index contributed by atoms with van der Waals surface area (Å²) in [5, 5.41) is 4.20. The van der Waals surface area contributed by atoms with Gasteiger partial charge < -0.3 is 10.3 Å². The smallest absolute Gasteiger partial charge is 0.230 e. The first-order chi connectivity index (χ1) is 9.74. The van der Waals surface area contributed by atoms with Crippen LogP contribution in [0.3, 0.4) is 0 Å². The molecule has 1 heterocycles. The molecule has 106 valence electrons. The number of halogens is 1. The van der Waals surface area contributed by atoms with Gasteiger partial charge in [0.05, 0.1) is 11.3 Å². The Bertz CT molecular complexity index is 588. The Hall–Kier alpha value is -1.29. The predicted octanol–water partition coefficient (Wildman–Crippen LogP) is 4.81. The highest BCUT2D eigenvalue weighted by Gasteiger charge is 2.21. The van der Waals surface area contributed by atoms with E-state index in [4.69, 9.17) is 10.3 Å². The topological polar surface area (TPSA) is 52.0 Å². The summed E-state index contributed by atoms with van der Waals surface area (Å²) >= 11 is 3.50. The molecular weight excluding hydrogens is 316 g/mol. The van der Waals surface area contributed by atoms with Crippen LogP contribution in [0, 0.1) is 5.92 Å². The normalized spacial score (nSPS) is 16.4. The molecule has 4 heteroatoms. The Labute approximate surface area is 127 Å². The molecule has 3 nitrogen and oxygen atoms in total. The van der Waals surface area contributed by atoms with E-state index in [-0.39, 0.29) is 0 Å². The minimum atomic E-state index is 0.425. The van der Waals surface area contributed by atoms with Crippen LogP contribution in [-0.2, 0) is 6.42 Å². The van der Waals surface area contributed by atoms with Crippen LogP contribution in [0.2, 0.25) is 0 Å². The number of anilines is 1. The summed E-state index contributed by atoms with van der Waals surface area (Å²) in [7, 11) is 0. The third kappa shape index (κ3) is 2.90. The number of nitrogens with two attached hydrogens (primary N) is 1. The van der Waals surface area contributed by atoms with Crippen molar-refractivity contribution in [3.05, 3.63) is 34.4 Å². The summed E-state index contributed by atoms with van der Waals surface area (Å²) in [6.45, 7) is 0. The van der Waals surface area contributed by atoms with Gasteiger partial charge in [-0.2, -0.15) is 0 Å². The number of aromatic nitrogens is 1. The zero-order valence-electron chi connectivity index (χ0n) is 11.4. The molecule has 0 spiro atoms. The molecule has 0 amide bonds. The van der Waals surface area contributed by atoms with Crippen molar-refractivity contribution in [1.82, 2.24) is 5.16 Å². The highest BCUT2D eigenvalue weighted by molar-refractivity contribution is 9.10. The van der Waals surface area contributed by atoms with E-state index in [0.29, 0.717) is 5.88 Å². The van der Waals surface area contributed by atoms with Crippen LogP contribution >= 0.6 is 15.9 Å². The summed E-state index contributed by atoms with van der Waals surface area (Å²) < 4.78 is 6.28. The largest absolute Gasteiger partial charge is 0.367 e. The van der Waals surface area contributed by atoms with Crippen LogP contribution in [0.25, 0.3) is 11.1 Å². The average Bonchev–Trinajstić information content (AvgIpc) is 2.81. The van der Waals surface area contributed by atoms with Crippen molar-refractivity contribution >= 4 is 21.8 Å². The molecule has 2 aromatic rings. The molecule has 0 unspecified atom stereocenters. The molecule has 1 fully saturated rings. The van der Waals surface area contributed by atoms with Crippen molar-refractivity contribution in [2.24, 2.45) is 5.92 Å². The number of rotatable bonds is 3. The van der Waals surface area contributed by atoms with Crippen LogP contribution in [0.1, 0.15) is 37.8 Å². The van der Waals surface area contributed by atoms with E-state index in [1.807, 2.05) is 12.1 Å². The van der Waals surface area contributed by atoms with E-state index in [1.54, 1.807) is 0 Å². The van der Waals surface area contributed by atoms with Gasteiger partial charge in [0.1, 0.15) is 0 Å². The number of hydrogen-bond acceptors (Lipinski definition) is 3. The lowest BCUT2D eigenvalue weighted by Gasteiger charge is -2.20. The molecule has 1 saturated carbocycles. The first-order valence-corrected chi connectivity index (χ1v) is 8.03. The standard InChI is InChI=1S/C16H19BrN2O/c17-13-8-4-7-12(10-13)15-14(19-20-16(15)18)9-11-5-2-1-3-6-11/h4,7-8,10-11H,1-3,5-6,9,18H2. The Balaban J connectivity index is 1.89. The SMILES string of the molecule is Nc1onc(CC2CCCCC2)c1-c1cccc(Br)c1. The quantitative estimate of drug-likeness (QED) is 0.876. The summed E-state index contributed by atoms with van der Waals surface area (Å²) in [5.74, 6) is 1.15. The van der Waals surface area contributed by atoms with E-state index in [2.05, 4.69) is 33.2 Å². The zero-order chi connectivity index (χ0) is 13.9. The van der Waals surface area contributed by atoms with Gasteiger partial charge in [0.2, 0.25) is 5.88 Å². The molecule has 1 aromatic heterocycles. The molecule has 0 aliphatic heterocycles. The Morgan fingerprint density at radius 1 is 1.25 bits per heavy atom. The van der Waals surface area contributed by atoms with Crippen molar-refractivity contribution in [3.63, 3.8) is 0 Å². The van der Waals surface area contributed by atoms with Crippen molar-refractivity contribution in [3.8, 4) is 11.1 Å². The van der Waals surface area contributed by atoms with Crippen molar-refractivity contribution < 1.29 is 4.52 Å². The Kier molecular flexibility index (Phi) is 4.10. The van der Waals surface area contributed by atoms with Gasteiger partial charge in [-0.1, -0.05) is 65.3 Å². The lowest BCUT2D eigenvalue weighted by molar-refractivity contribution is 0.345. The minimum Gasteiger partial charge on any atom is -0.367 e. The summed E-state index contributed by atoms with van der Waals surface area (Å²) in [6.07, 6.45) is 7.61. The third-order valence-corrected chi connectivity index (χ3v) is 4.60. The van der Waals surface area contributed by atoms with Crippen LogP contribution in [0.5, 0.6) is 0 Å². The lowest BCUT2D eigenvalue weighted by Crippen LogP contribution is -2.10. The minimum absolute atomic E-state index is 0.425. The Morgan fingerprint density at radius 3 is 2.80 bits per heavy atom. The van der Waals surface area contributed by atoms with Crippen LogP contribution in [0.15, 0.2) is 33.3 Å². The summed E-state index contributed by atoms with van der Waals surface area (Å²) in [5.41, 5.74) is 9.03. The molecular formula is C16H19BrN2O. The first kappa shape index (κ1) is 13.7. The fourth-order valence-corrected chi connectivity index (χ4v) is 3.49. The molecule has 20 heavy (non-hydrogen) atoms. The predicted molar refractivity (Wildman–Crippen MR) is 84.3 cm³/mol. The molecule has 1 aliphatic carbocycles. The average molecular weight is 335 g/mol. The monoisotopic (exact) mass is 334 g/mol. The van der Waals surface area contributed by atoms with Gasteiger partial charge in [0.25, 0.3) is 0 Å². The lowest BCUT2D eigenvalue weighted by atomic mass is 9.85. The van der Waals surface area contributed by atoms with E-state index in [1.165, 1.54) is 32.1 Å². The summed E-state index contributed by atoms with van der Waals surface area (Å²) in [4.78, 5) is 0. The van der Waals surface area contributed by atoms with Crippen LogP contribution in [0.4, 0.5) is 5.88 Å². The van der Waals surface area contributed by atoms with Gasteiger partial charge in [-0.3, -0.25) is 0 Å². The molecule has 0 atom stereocenters.